The number of hydrogen-bond donors (Lipinski definition) is 1. The molecule has 0 aromatic heterocycles. The number of nitro groups is 1. The summed E-state index contributed by atoms with van der Waals surface area (Å²) in [6, 6.07) is 5.76. The summed E-state index contributed by atoms with van der Waals surface area (Å²) in [5.41, 5.74) is 1.82. The highest BCUT2D eigenvalue weighted by molar-refractivity contribution is 5.55. The number of hydrogen-bond acceptors (Lipinski definition) is 3. The molecule has 4 heteroatoms. The van der Waals surface area contributed by atoms with E-state index in [0.717, 1.165) is 17.7 Å². The number of nitrogens with one attached hydrogen (secondary N) is 1. The number of aryl methyl sites for hydroxylation is 1. The van der Waals surface area contributed by atoms with Gasteiger partial charge in [-0.15, -0.1) is 0 Å². The molecule has 0 saturated carbocycles. The molecular weight excluding hydrogens is 228 g/mol. The molecule has 1 aromatic carbocycles. The zero-order valence-corrected chi connectivity index (χ0v) is 11.6. The molecule has 0 aliphatic heterocycles. The molecule has 0 heterocycles. The maximum atomic E-state index is 11.0. The zero-order chi connectivity index (χ0) is 13.7. The molecule has 0 amide bonds. The van der Waals surface area contributed by atoms with Gasteiger partial charge in [0.15, 0.2) is 0 Å². The Kier molecular flexibility index (Phi) is 5.13. The van der Waals surface area contributed by atoms with Crippen molar-refractivity contribution < 1.29 is 4.92 Å². The predicted molar refractivity (Wildman–Crippen MR) is 75.0 cm³/mol. The number of benzene rings is 1. The van der Waals surface area contributed by atoms with Crippen LogP contribution in [0.3, 0.4) is 0 Å². The van der Waals surface area contributed by atoms with Crippen LogP contribution in [0.25, 0.3) is 0 Å². The molecule has 0 bridgehead atoms. The summed E-state index contributed by atoms with van der Waals surface area (Å²) >= 11 is 0. The molecule has 0 fully saturated rings. The first kappa shape index (κ1) is 14.5. The van der Waals surface area contributed by atoms with Crippen LogP contribution in [0.15, 0.2) is 18.2 Å². The van der Waals surface area contributed by atoms with E-state index >= 15 is 0 Å². The maximum absolute atomic E-state index is 11.0. The Hall–Kier alpha value is -1.58. The van der Waals surface area contributed by atoms with E-state index < -0.39 is 0 Å². The molecule has 1 atom stereocenters. The highest BCUT2D eigenvalue weighted by Crippen LogP contribution is 2.25. The molecule has 100 valence electrons. The molecule has 0 spiro atoms. The topological polar surface area (TPSA) is 55.2 Å². The number of nitrogens with zero attached hydrogens (tertiary/aromatic N) is 1. The Bertz CT molecular complexity index is 416. The Labute approximate surface area is 109 Å². The minimum atomic E-state index is -0.305. The first-order valence-electron chi connectivity index (χ1n) is 6.53. The van der Waals surface area contributed by atoms with E-state index in [-0.39, 0.29) is 10.6 Å². The lowest BCUT2D eigenvalue weighted by molar-refractivity contribution is -0.385. The normalized spacial score (nSPS) is 12.5. The summed E-state index contributed by atoms with van der Waals surface area (Å²) in [7, 11) is 0. The highest BCUT2D eigenvalue weighted by atomic mass is 16.6. The van der Waals surface area contributed by atoms with Gasteiger partial charge in [-0.25, -0.2) is 0 Å². The monoisotopic (exact) mass is 250 g/mol. The Morgan fingerprint density at radius 3 is 2.44 bits per heavy atom. The molecule has 4 nitrogen and oxygen atoms in total. The smallest absolute Gasteiger partial charge is 0.274 e. The van der Waals surface area contributed by atoms with Crippen LogP contribution in [-0.4, -0.2) is 11.0 Å². The van der Waals surface area contributed by atoms with Crippen molar-refractivity contribution in [1.82, 2.24) is 0 Å². The van der Waals surface area contributed by atoms with Crippen molar-refractivity contribution in [2.45, 2.75) is 46.6 Å². The first-order chi connectivity index (χ1) is 8.49. The van der Waals surface area contributed by atoms with Crippen LogP contribution >= 0.6 is 0 Å². The molecule has 0 aliphatic rings. The van der Waals surface area contributed by atoms with Gasteiger partial charge in [-0.05, 0) is 24.8 Å². The molecule has 1 aromatic rings. The fraction of sp³-hybridized carbons (Fsp3) is 0.571. The van der Waals surface area contributed by atoms with Crippen molar-refractivity contribution in [2.75, 3.05) is 5.32 Å². The fourth-order valence-electron chi connectivity index (χ4n) is 2.08. The SMILES string of the molecule is CCc1ccc(NC(CC)C(C)C)cc1[N+](=O)[O-]. The van der Waals surface area contributed by atoms with Gasteiger partial charge in [0.05, 0.1) is 4.92 Å². The lowest BCUT2D eigenvalue weighted by atomic mass is 10.0. The second-order valence-electron chi connectivity index (χ2n) is 4.86. The lowest BCUT2D eigenvalue weighted by Gasteiger charge is -2.22. The molecule has 1 rings (SSSR count). The molecule has 0 radical (unpaired) electrons. The van der Waals surface area contributed by atoms with E-state index in [1.165, 1.54) is 0 Å². The summed E-state index contributed by atoms with van der Waals surface area (Å²) in [6.07, 6.45) is 1.68. The second-order valence-corrected chi connectivity index (χ2v) is 4.86. The Balaban J connectivity index is 2.97. The van der Waals surface area contributed by atoms with Gasteiger partial charge >= 0.3 is 0 Å². The molecule has 0 aliphatic carbocycles. The first-order valence-corrected chi connectivity index (χ1v) is 6.53. The number of rotatable bonds is 6. The van der Waals surface area contributed by atoms with Crippen molar-refractivity contribution in [2.24, 2.45) is 5.92 Å². The van der Waals surface area contributed by atoms with Crippen molar-refractivity contribution in [3.8, 4) is 0 Å². The summed E-state index contributed by atoms with van der Waals surface area (Å²) in [5.74, 6) is 0.500. The van der Waals surface area contributed by atoms with E-state index in [1.54, 1.807) is 6.07 Å². The van der Waals surface area contributed by atoms with E-state index in [1.807, 2.05) is 19.1 Å². The van der Waals surface area contributed by atoms with E-state index in [9.17, 15) is 10.1 Å². The van der Waals surface area contributed by atoms with E-state index in [4.69, 9.17) is 0 Å². The summed E-state index contributed by atoms with van der Waals surface area (Å²) in [6.45, 7) is 8.34. The van der Waals surface area contributed by atoms with Crippen LogP contribution in [-0.2, 0) is 6.42 Å². The van der Waals surface area contributed by atoms with Gasteiger partial charge in [0.2, 0.25) is 0 Å². The molecule has 0 saturated heterocycles. The number of nitro benzene ring substituents is 1. The molecular formula is C14H22N2O2. The third kappa shape index (κ3) is 3.45. The molecule has 1 N–H and O–H groups in total. The third-order valence-electron chi connectivity index (χ3n) is 3.26. The maximum Gasteiger partial charge on any atom is 0.274 e. The van der Waals surface area contributed by atoms with Gasteiger partial charge in [-0.3, -0.25) is 10.1 Å². The Morgan fingerprint density at radius 1 is 1.33 bits per heavy atom. The van der Waals surface area contributed by atoms with E-state index in [2.05, 4.69) is 26.1 Å². The highest BCUT2D eigenvalue weighted by Gasteiger charge is 2.15. The predicted octanol–water partition coefficient (Wildman–Crippen LogP) is 4.00. The van der Waals surface area contributed by atoms with Crippen molar-refractivity contribution in [1.29, 1.82) is 0 Å². The lowest BCUT2D eigenvalue weighted by Crippen LogP contribution is -2.24. The van der Waals surface area contributed by atoms with Gasteiger partial charge in [-0.1, -0.05) is 33.8 Å². The van der Waals surface area contributed by atoms with Crippen molar-refractivity contribution in [3.05, 3.63) is 33.9 Å². The van der Waals surface area contributed by atoms with Crippen LogP contribution in [0.5, 0.6) is 0 Å². The summed E-state index contributed by atoms with van der Waals surface area (Å²) in [5, 5.41) is 14.4. The molecule has 18 heavy (non-hydrogen) atoms. The average molecular weight is 250 g/mol. The van der Waals surface area contributed by atoms with Crippen molar-refractivity contribution >= 4 is 11.4 Å². The minimum Gasteiger partial charge on any atom is -0.382 e. The second kappa shape index (κ2) is 6.38. The fourth-order valence-corrected chi connectivity index (χ4v) is 2.08. The van der Waals surface area contributed by atoms with E-state index in [0.29, 0.717) is 18.4 Å². The summed E-state index contributed by atoms with van der Waals surface area (Å²) < 4.78 is 0. The van der Waals surface area contributed by atoms with Crippen LogP contribution < -0.4 is 5.32 Å². The van der Waals surface area contributed by atoms with Gasteiger partial charge in [0.1, 0.15) is 0 Å². The van der Waals surface area contributed by atoms with Crippen molar-refractivity contribution in [3.63, 3.8) is 0 Å². The minimum absolute atomic E-state index is 0.209. The Morgan fingerprint density at radius 2 is 2.00 bits per heavy atom. The molecule has 1 unspecified atom stereocenters. The van der Waals surface area contributed by atoms with Gasteiger partial charge in [-0.2, -0.15) is 0 Å². The van der Waals surface area contributed by atoms with Crippen LogP contribution in [0, 0.1) is 16.0 Å². The third-order valence-corrected chi connectivity index (χ3v) is 3.26. The quantitative estimate of drug-likeness (QED) is 0.613. The largest absolute Gasteiger partial charge is 0.382 e. The van der Waals surface area contributed by atoms with Crippen LogP contribution in [0.4, 0.5) is 11.4 Å². The average Bonchev–Trinajstić information content (AvgIpc) is 2.35. The number of anilines is 1. The van der Waals surface area contributed by atoms with Crippen LogP contribution in [0.2, 0.25) is 0 Å². The zero-order valence-electron chi connectivity index (χ0n) is 11.6. The van der Waals surface area contributed by atoms with Gasteiger partial charge in [0.25, 0.3) is 5.69 Å². The van der Waals surface area contributed by atoms with Gasteiger partial charge < -0.3 is 5.32 Å². The standard InChI is InChI=1S/C14H22N2O2/c1-5-11-7-8-12(9-14(11)16(17)18)15-13(6-2)10(3)4/h7-10,13,15H,5-6H2,1-4H3. The van der Waals surface area contributed by atoms with Gasteiger partial charge in [0, 0.05) is 23.4 Å². The van der Waals surface area contributed by atoms with Crippen LogP contribution in [0.1, 0.15) is 39.7 Å². The summed E-state index contributed by atoms with van der Waals surface area (Å²) in [4.78, 5) is 10.7.